The summed E-state index contributed by atoms with van der Waals surface area (Å²) in [6.07, 6.45) is -1.89. The largest absolute Gasteiger partial charge is 0.405 e. The number of amides is 1. The van der Waals surface area contributed by atoms with Crippen LogP contribution in [0.2, 0.25) is 0 Å². The number of benzene rings is 1. The van der Waals surface area contributed by atoms with Crippen molar-refractivity contribution in [1.82, 2.24) is 5.32 Å². The molecule has 92 valence electrons. The molecule has 0 unspecified atom stereocenters. The van der Waals surface area contributed by atoms with Crippen LogP contribution in [0.4, 0.5) is 13.2 Å². The third-order valence-electron chi connectivity index (χ3n) is 1.78. The second-order valence-electron chi connectivity index (χ2n) is 3.19. The number of carbonyl (C=O) groups is 1. The highest BCUT2D eigenvalue weighted by Crippen LogP contribution is 2.17. The van der Waals surface area contributed by atoms with E-state index in [1.54, 1.807) is 29.6 Å². The fourth-order valence-electron chi connectivity index (χ4n) is 1.02. The van der Waals surface area contributed by atoms with Crippen molar-refractivity contribution in [3.63, 3.8) is 0 Å². The molecule has 6 heteroatoms. The highest BCUT2D eigenvalue weighted by molar-refractivity contribution is 9.10. The Morgan fingerprint density at radius 1 is 1.35 bits per heavy atom. The molecule has 0 bridgehead atoms. The highest BCUT2D eigenvalue weighted by Gasteiger charge is 2.27. The Morgan fingerprint density at radius 3 is 2.59 bits per heavy atom. The number of hydrogen-bond donors (Lipinski definition) is 1. The van der Waals surface area contributed by atoms with Gasteiger partial charge in [0.2, 0.25) is 5.91 Å². The van der Waals surface area contributed by atoms with Crippen molar-refractivity contribution in [3.8, 4) is 0 Å². The molecule has 1 rings (SSSR count). The molecular formula is C11H9BrF3NO. The van der Waals surface area contributed by atoms with E-state index < -0.39 is 18.6 Å². The van der Waals surface area contributed by atoms with E-state index >= 15 is 0 Å². The topological polar surface area (TPSA) is 29.1 Å². The zero-order valence-electron chi connectivity index (χ0n) is 8.59. The Labute approximate surface area is 105 Å². The normalized spacial score (nSPS) is 11.8. The summed E-state index contributed by atoms with van der Waals surface area (Å²) in [6.45, 7) is -1.33. The number of hydrogen-bond acceptors (Lipinski definition) is 1. The van der Waals surface area contributed by atoms with E-state index in [2.05, 4.69) is 15.9 Å². The van der Waals surface area contributed by atoms with Gasteiger partial charge in [0.15, 0.2) is 0 Å². The van der Waals surface area contributed by atoms with Gasteiger partial charge in [-0.05, 0) is 17.7 Å². The van der Waals surface area contributed by atoms with Crippen LogP contribution in [0.15, 0.2) is 34.8 Å². The monoisotopic (exact) mass is 307 g/mol. The molecule has 0 heterocycles. The predicted octanol–water partition coefficient (Wildman–Crippen LogP) is 3.14. The summed E-state index contributed by atoms with van der Waals surface area (Å²) in [7, 11) is 0. The van der Waals surface area contributed by atoms with Gasteiger partial charge in [0.1, 0.15) is 6.54 Å². The van der Waals surface area contributed by atoms with Crippen LogP contribution in [0.5, 0.6) is 0 Å². The minimum Gasteiger partial charge on any atom is -0.343 e. The lowest BCUT2D eigenvalue weighted by Crippen LogP contribution is -2.32. The first-order chi connectivity index (χ1) is 7.88. The summed E-state index contributed by atoms with van der Waals surface area (Å²) in [5.41, 5.74) is 0.717. The number of halogens is 4. The number of nitrogens with one attached hydrogen (secondary N) is 1. The van der Waals surface area contributed by atoms with Crippen LogP contribution >= 0.6 is 15.9 Å². The van der Waals surface area contributed by atoms with Gasteiger partial charge in [-0.15, -0.1) is 0 Å². The van der Waals surface area contributed by atoms with E-state index in [1.807, 2.05) is 0 Å². The zero-order valence-corrected chi connectivity index (χ0v) is 10.2. The molecule has 0 aromatic heterocycles. The molecule has 0 atom stereocenters. The lowest BCUT2D eigenvalue weighted by molar-refractivity contribution is -0.135. The van der Waals surface area contributed by atoms with Gasteiger partial charge >= 0.3 is 6.18 Å². The van der Waals surface area contributed by atoms with E-state index in [4.69, 9.17) is 0 Å². The summed E-state index contributed by atoms with van der Waals surface area (Å²) in [4.78, 5) is 11.1. The Kier molecular flexibility index (Phi) is 4.74. The van der Waals surface area contributed by atoms with E-state index in [1.165, 1.54) is 6.08 Å². The second kappa shape index (κ2) is 5.86. The van der Waals surface area contributed by atoms with Crippen LogP contribution in [0, 0.1) is 0 Å². The summed E-state index contributed by atoms with van der Waals surface area (Å²) in [5.74, 6) is -0.780. The van der Waals surface area contributed by atoms with Gasteiger partial charge in [-0.1, -0.05) is 34.1 Å². The molecule has 1 amide bonds. The van der Waals surface area contributed by atoms with Crippen LogP contribution in [0.3, 0.4) is 0 Å². The Hall–Kier alpha value is -1.30. The molecular weight excluding hydrogens is 299 g/mol. The molecule has 0 fully saturated rings. The fraction of sp³-hybridized carbons (Fsp3) is 0.182. The maximum Gasteiger partial charge on any atom is 0.405 e. The second-order valence-corrected chi connectivity index (χ2v) is 4.04. The third-order valence-corrected chi connectivity index (χ3v) is 2.50. The van der Waals surface area contributed by atoms with E-state index in [9.17, 15) is 18.0 Å². The van der Waals surface area contributed by atoms with E-state index in [-0.39, 0.29) is 0 Å². The first-order valence-corrected chi connectivity index (χ1v) is 5.45. The molecule has 0 radical (unpaired) electrons. The molecule has 0 spiro atoms. The van der Waals surface area contributed by atoms with Crippen molar-refractivity contribution < 1.29 is 18.0 Å². The maximum absolute atomic E-state index is 11.8. The van der Waals surface area contributed by atoms with Gasteiger partial charge in [-0.2, -0.15) is 13.2 Å². The maximum atomic E-state index is 11.8. The lowest BCUT2D eigenvalue weighted by Gasteiger charge is -2.05. The Balaban J connectivity index is 2.55. The van der Waals surface area contributed by atoms with Gasteiger partial charge in [-0.3, -0.25) is 4.79 Å². The molecule has 0 saturated heterocycles. The third kappa shape index (κ3) is 5.53. The minimum absolute atomic E-state index is 0.717. The molecule has 0 aliphatic heterocycles. The molecule has 1 aromatic carbocycles. The van der Waals surface area contributed by atoms with Gasteiger partial charge < -0.3 is 5.32 Å². The van der Waals surface area contributed by atoms with Gasteiger partial charge in [0.25, 0.3) is 0 Å². The van der Waals surface area contributed by atoms with Crippen LogP contribution in [0.25, 0.3) is 6.08 Å². The molecule has 0 saturated carbocycles. The Morgan fingerprint density at radius 2 is 2.00 bits per heavy atom. The average molecular weight is 308 g/mol. The number of rotatable bonds is 3. The smallest absolute Gasteiger partial charge is 0.343 e. The van der Waals surface area contributed by atoms with Crippen LogP contribution in [-0.4, -0.2) is 18.6 Å². The molecule has 1 aromatic rings. The SMILES string of the molecule is O=C(/C=C/c1ccccc1Br)NCC(F)(F)F. The summed E-state index contributed by atoms with van der Waals surface area (Å²) in [6, 6.07) is 7.06. The van der Waals surface area contributed by atoms with Crippen LogP contribution in [-0.2, 0) is 4.79 Å². The first-order valence-electron chi connectivity index (χ1n) is 4.66. The minimum atomic E-state index is -4.39. The van der Waals surface area contributed by atoms with Crippen molar-refractivity contribution in [2.24, 2.45) is 0 Å². The van der Waals surface area contributed by atoms with Crippen molar-refractivity contribution in [2.45, 2.75) is 6.18 Å². The summed E-state index contributed by atoms with van der Waals surface area (Å²) in [5, 5.41) is 1.75. The standard InChI is InChI=1S/C11H9BrF3NO/c12-9-4-2-1-3-8(9)5-6-10(17)16-7-11(13,14)15/h1-6H,7H2,(H,16,17)/b6-5+. The van der Waals surface area contributed by atoms with Gasteiger partial charge in [0.05, 0.1) is 0 Å². The highest BCUT2D eigenvalue weighted by atomic mass is 79.9. The van der Waals surface area contributed by atoms with Crippen molar-refractivity contribution in [2.75, 3.05) is 6.54 Å². The Bertz CT molecular complexity index is 429. The van der Waals surface area contributed by atoms with Crippen molar-refractivity contribution in [1.29, 1.82) is 0 Å². The molecule has 2 nitrogen and oxygen atoms in total. The molecule has 17 heavy (non-hydrogen) atoms. The van der Waals surface area contributed by atoms with Crippen LogP contribution < -0.4 is 5.32 Å². The summed E-state index contributed by atoms with van der Waals surface area (Å²) < 4.78 is 36.2. The molecule has 0 aliphatic carbocycles. The van der Waals surface area contributed by atoms with Crippen LogP contribution in [0.1, 0.15) is 5.56 Å². The van der Waals surface area contributed by atoms with E-state index in [0.29, 0.717) is 0 Å². The fourth-order valence-corrected chi connectivity index (χ4v) is 1.44. The molecule has 0 aliphatic rings. The molecule has 1 N–H and O–H groups in total. The first kappa shape index (κ1) is 13.8. The summed E-state index contributed by atoms with van der Waals surface area (Å²) >= 11 is 3.25. The number of carbonyl (C=O) groups excluding carboxylic acids is 1. The quantitative estimate of drug-likeness (QED) is 0.854. The lowest BCUT2D eigenvalue weighted by atomic mass is 10.2. The number of alkyl halides is 3. The zero-order chi connectivity index (χ0) is 12.9. The van der Waals surface area contributed by atoms with Crippen molar-refractivity contribution >= 4 is 27.9 Å². The van der Waals surface area contributed by atoms with E-state index in [0.717, 1.165) is 16.1 Å². The van der Waals surface area contributed by atoms with Crippen molar-refractivity contribution in [3.05, 3.63) is 40.4 Å². The average Bonchev–Trinajstić information content (AvgIpc) is 2.24. The predicted molar refractivity (Wildman–Crippen MR) is 62.2 cm³/mol. The van der Waals surface area contributed by atoms with Gasteiger partial charge in [0, 0.05) is 10.5 Å². The van der Waals surface area contributed by atoms with Gasteiger partial charge in [-0.25, -0.2) is 0 Å².